The third kappa shape index (κ3) is 4.51. The van der Waals surface area contributed by atoms with Crippen molar-refractivity contribution in [3.8, 4) is 17.0 Å². The van der Waals surface area contributed by atoms with Crippen molar-refractivity contribution in [3.05, 3.63) is 77.7 Å². The van der Waals surface area contributed by atoms with Crippen LogP contribution in [0.5, 0.6) is 5.75 Å². The fourth-order valence-electron chi connectivity index (χ4n) is 4.02. The molecule has 0 atom stereocenters. The van der Waals surface area contributed by atoms with Crippen molar-refractivity contribution < 1.29 is 9.53 Å². The van der Waals surface area contributed by atoms with Crippen LogP contribution in [0.15, 0.2) is 60.9 Å². The van der Waals surface area contributed by atoms with E-state index in [1.54, 1.807) is 7.11 Å². The number of piperidine rings is 1. The van der Waals surface area contributed by atoms with Crippen molar-refractivity contribution in [2.24, 2.45) is 0 Å². The van der Waals surface area contributed by atoms with E-state index in [-0.39, 0.29) is 5.91 Å². The van der Waals surface area contributed by atoms with Crippen LogP contribution in [0.3, 0.4) is 0 Å². The number of rotatable bonds is 5. The minimum absolute atomic E-state index is 0.179. The topological polar surface area (TPSA) is 55.3 Å². The van der Waals surface area contributed by atoms with Gasteiger partial charge >= 0.3 is 0 Å². The van der Waals surface area contributed by atoms with Gasteiger partial charge in [0, 0.05) is 30.8 Å². The third-order valence-electron chi connectivity index (χ3n) is 5.85. The first-order valence-electron chi connectivity index (χ1n) is 10.4. The number of amides is 1. The first-order chi connectivity index (χ1) is 14.6. The molecular weight excluding hydrogens is 374 g/mol. The van der Waals surface area contributed by atoms with E-state index in [0.717, 1.165) is 54.2 Å². The largest absolute Gasteiger partial charge is 0.497 e. The second-order valence-electron chi connectivity index (χ2n) is 7.82. The minimum Gasteiger partial charge on any atom is -0.497 e. The fourth-order valence-corrected chi connectivity index (χ4v) is 4.02. The van der Waals surface area contributed by atoms with Gasteiger partial charge in [-0.15, -0.1) is 0 Å². The lowest BCUT2D eigenvalue weighted by molar-refractivity contribution is -0.131. The Morgan fingerprint density at radius 3 is 2.50 bits per heavy atom. The molecular formula is C25H27N3O2. The Balaban J connectivity index is 1.38. The van der Waals surface area contributed by atoms with E-state index < -0.39 is 0 Å². The lowest BCUT2D eigenvalue weighted by Crippen LogP contribution is -2.39. The van der Waals surface area contributed by atoms with Gasteiger partial charge in [-0.1, -0.05) is 36.4 Å². The Kier molecular flexibility index (Phi) is 6.07. The van der Waals surface area contributed by atoms with Gasteiger partial charge in [-0.3, -0.25) is 9.78 Å². The van der Waals surface area contributed by atoms with E-state index in [0.29, 0.717) is 12.3 Å². The quantitative estimate of drug-likeness (QED) is 0.635. The molecule has 0 N–H and O–H groups in total. The van der Waals surface area contributed by atoms with E-state index in [1.165, 1.54) is 5.56 Å². The van der Waals surface area contributed by atoms with Gasteiger partial charge in [0.2, 0.25) is 5.91 Å². The molecule has 2 aromatic carbocycles. The Hall–Kier alpha value is -3.21. The Morgan fingerprint density at radius 2 is 1.80 bits per heavy atom. The summed E-state index contributed by atoms with van der Waals surface area (Å²) in [5, 5.41) is 0. The Bertz CT molecular complexity index is 1010. The molecule has 1 saturated heterocycles. The van der Waals surface area contributed by atoms with Gasteiger partial charge in [0.15, 0.2) is 0 Å². The summed E-state index contributed by atoms with van der Waals surface area (Å²) in [6.07, 6.45) is 5.97. The molecule has 0 saturated carbocycles. The Morgan fingerprint density at radius 1 is 1.07 bits per heavy atom. The molecule has 3 aromatic rings. The highest BCUT2D eigenvalue weighted by atomic mass is 16.5. The number of hydrogen-bond donors (Lipinski definition) is 0. The van der Waals surface area contributed by atoms with Crippen molar-refractivity contribution >= 4 is 5.91 Å². The van der Waals surface area contributed by atoms with Gasteiger partial charge in [0.25, 0.3) is 0 Å². The highest BCUT2D eigenvalue weighted by molar-refractivity contribution is 5.79. The maximum absolute atomic E-state index is 12.7. The second kappa shape index (κ2) is 9.08. The van der Waals surface area contributed by atoms with Crippen LogP contribution in [-0.2, 0) is 11.2 Å². The molecule has 30 heavy (non-hydrogen) atoms. The number of carbonyl (C=O) groups is 1. The summed E-state index contributed by atoms with van der Waals surface area (Å²) < 4.78 is 5.18. The molecule has 4 rings (SSSR count). The third-order valence-corrected chi connectivity index (χ3v) is 5.85. The van der Waals surface area contributed by atoms with E-state index >= 15 is 0 Å². The van der Waals surface area contributed by atoms with Gasteiger partial charge in [-0.25, -0.2) is 4.98 Å². The number of benzene rings is 2. The van der Waals surface area contributed by atoms with Gasteiger partial charge in [0.1, 0.15) is 5.75 Å². The van der Waals surface area contributed by atoms with Crippen molar-refractivity contribution in [1.29, 1.82) is 0 Å². The summed E-state index contributed by atoms with van der Waals surface area (Å²) in [6, 6.07) is 16.0. The normalized spacial score (nSPS) is 14.5. The first kappa shape index (κ1) is 20.1. The molecule has 0 spiro atoms. The molecule has 154 valence electrons. The number of likely N-dealkylation sites (tertiary alicyclic amines) is 1. The van der Waals surface area contributed by atoms with Crippen LogP contribution in [-0.4, -0.2) is 41.0 Å². The van der Waals surface area contributed by atoms with E-state index in [4.69, 9.17) is 9.72 Å². The lowest BCUT2D eigenvalue weighted by atomic mass is 9.93. The van der Waals surface area contributed by atoms with Crippen LogP contribution in [0.1, 0.15) is 35.6 Å². The molecule has 1 fully saturated rings. The maximum atomic E-state index is 12.7. The number of aryl methyl sites for hydroxylation is 1. The molecule has 1 amide bonds. The van der Waals surface area contributed by atoms with Crippen molar-refractivity contribution in [1.82, 2.24) is 14.9 Å². The van der Waals surface area contributed by atoms with E-state index in [9.17, 15) is 4.79 Å². The maximum Gasteiger partial charge on any atom is 0.226 e. The number of hydrogen-bond acceptors (Lipinski definition) is 4. The molecule has 0 unspecified atom stereocenters. The predicted molar refractivity (Wildman–Crippen MR) is 117 cm³/mol. The average Bonchev–Trinajstić information content (AvgIpc) is 2.80. The van der Waals surface area contributed by atoms with Gasteiger partial charge < -0.3 is 9.64 Å². The number of ether oxygens (including phenoxy) is 1. The zero-order valence-electron chi connectivity index (χ0n) is 17.5. The van der Waals surface area contributed by atoms with Gasteiger partial charge in [-0.05, 0) is 43.0 Å². The number of methoxy groups -OCH3 is 1. The monoisotopic (exact) mass is 401 g/mol. The zero-order valence-corrected chi connectivity index (χ0v) is 17.5. The molecule has 5 heteroatoms. The smallest absolute Gasteiger partial charge is 0.226 e. The summed E-state index contributed by atoms with van der Waals surface area (Å²) in [6.45, 7) is 3.61. The molecule has 1 aromatic heterocycles. The number of aromatic nitrogens is 2. The highest BCUT2D eigenvalue weighted by Gasteiger charge is 2.25. The average molecular weight is 402 g/mol. The van der Waals surface area contributed by atoms with Crippen molar-refractivity contribution in [2.45, 2.75) is 32.1 Å². The molecule has 5 nitrogen and oxygen atoms in total. The number of nitrogens with zero attached hydrogens (tertiary/aromatic N) is 3. The summed E-state index contributed by atoms with van der Waals surface area (Å²) >= 11 is 0. The van der Waals surface area contributed by atoms with Crippen LogP contribution in [0, 0.1) is 6.92 Å². The summed E-state index contributed by atoms with van der Waals surface area (Å²) in [4.78, 5) is 24.0. The van der Waals surface area contributed by atoms with E-state index in [2.05, 4.69) is 24.0 Å². The number of carbonyl (C=O) groups excluding carboxylic acids is 1. The van der Waals surface area contributed by atoms with Crippen molar-refractivity contribution in [3.63, 3.8) is 0 Å². The predicted octanol–water partition coefficient (Wildman–Crippen LogP) is 4.41. The van der Waals surface area contributed by atoms with Crippen LogP contribution in [0.2, 0.25) is 0 Å². The van der Waals surface area contributed by atoms with Gasteiger partial charge in [0.05, 0.1) is 31.1 Å². The second-order valence-corrected chi connectivity index (χ2v) is 7.82. The SMILES string of the molecule is COc1ccc(CC(=O)N2CCC(c3cncc(-c4ccccc4C)n3)CC2)cc1. The van der Waals surface area contributed by atoms with Crippen LogP contribution >= 0.6 is 0 Å². The molecule has 1 aliphatic rings. The molecule has 2 heterocycles. The highest BCUT2D eigenvalue weighted by Crippen LogP contribution is 2.29. The van der Waals surface area contributed by atoms with Crippen LogP contribution in [0.4, 0.5) is 0 Å². The lowest BCUT2D eigenvalue weighted by Gasteiger charge is -2.32. The minimum atomic E-state index is 0.179. The standard InChI is InChI=1S/C25H27N3O2/c1-18-5-3-4-6-22(18)24-17-26-16-23(27-24)20-11-13-28(14-12-20)25(29)15-19-7-9-21(30-2)10-8-19/h3-10,16-17,20H,11-15H2,1-2H3. The van der Waals surface area contributed by atoms with Crippen LogP contribution < -0.4 is 4.74 Å². The van der Waals surface area contributed by atoms with Crippen molar-refractivity contribution in [2.75, 3.05) is 20.2 Å². The van der Waals surface area contributed by atoms with Gasteiger partial charge in [-0.2, -0.15) is 0 Å². The first-order valence-corrected chi connectivity index (χ1v) is 10.4. The summed E-state index contributed by atoms with van der Waals surface area (Å²) in [5.74, 6) is 1.32. The molecule has 0 radical (unpaired) electrons. The molecule has 0 aliphatic carbocycles. The molecule has 1 aliphatic heterocycles. The summed E-state index contributed by atoms with van der Waals surface area (Å²) in [7, 11) is 1.64. The Labute approximate surface area is 177 Å². The molecule has 0 bridgehead atoms. The van der Waals surface area contributed by atoms with Crippen LogP contribution in [0.25, 0.3) is 11.3 Å². The zero-order chi connectivity index (χ0) is 20.9. The summed E-state index contributed by atoms with van der Waals surface area (Å²) in [5.41, 5.74) is 5.28. The van der Waals surface area contributed by atoms with E-state index in [1.807, 2.05) is 53.7 Å². The fraction of sp³-hybridized carbons (Fsp3) is 0.320.